The molecule has 0 heterocycles. The number of ketones is 1. The van der Waals surface area contributed by atoms with Crippen LogP contribution < -0.4 is 0 Å². The summed E-state index contributed by atoms with van der Waals surface area (Å²) in [6.45, 7) is 0. The van der Waals surface area contributed by atoms with Gasteiger partial charge in [0.15, 0.2) is 5.78 Å². The lowest BCUT2D eigenvalue weighted by atomic mass is 10.1. The fourth-order valence-corrected chi connectivity index (χ4v) is 3.33. The summed E-state index contributed by atoms with van der Waals surface area (Å²) in [5, 5.41) is 0. The fourth-order valence-electron chi connectivity index (χ4n) is 1.03. The average Bonchev–Trinajstić information content (AvgIpc) is 2.23. The van der Waals surface area contributed by atoms with Crippen molar-refractivity contribution in [2.24, 2.45) is 0 Å². The molecule has 1 aromatic rings. The minimum atomic E-state index is -0.505. The van der Waals surface area contributed by atoms with Crippen LogP contribution in [0.3, 0.4) is 0 Å². The van der Waals surface area contributed by atoms with Gasteiger partial charge < -0.3 is 4.74 Å². The van der Waals surface area contributed by atoms with Gasteiger partial charge in [-0.2, -0.15) is 0 Å². The maximum Gasteiger partial charge on any atom is 0.313 e. The van der Waals surface area contributed by atoms with Crippen LogP contribution in [-0.2, 0) is 9.53 Å². The molecule has 0 N–H and O–H groups in total. The van der Waals surface area contributed by atoms with Crippen molar-refractivity contribution >= 4 is 79.5 Å². The Balaban J connectivity index is 3.00. The molecule has 0 saturated heterocycles. The Morgan fingerprint density at radius 2 is 1.69 bits per heavy atom. The van der Waals surface area contributed by atoms with E-state index in [1.54, 1.807) is 6.07 Å². The number of carbonyl (C=O) groups is 2. The SMILES string of the molecule is COC(=O)CC(=O)c1cc(I)c(I)cc1I. The Kier molecular flexibility index (Phi) is 5.91. The van der Waals surface area contributed by atoms with Crippen LogP contribution in [0, 0.1) is 10.7 Å². The minimum Gasteiger partial charge on any atom is -0.469 e. The average molecular weight is 556 g/mol. The molecule has 0 atom stereocenters. The van der Waals surface area contributed by atoms with Gasteiger partial charge in [-0.15, -0.1) is 0 Å². The Morgan fingerprint density at radius 3 is 2.25 bits per heavy atom. The largest absolute Gasteiger partial charge is 0.469 e. The zero-order valence-electron chi connectivity index (χ0n) is 8.22. The van der Waals surface area contributed by atoms with Gasteiger partial charge in [-0.05, 0) is 79.9 Å². The molecule has 0 amide bonds. The molecule has 6 heteroatoms. The van der Waals surface area contributed by atoms with Crippen LogP contribution in [0.1, 0.15) is 16.8 Å². The van der Waals surface area contributed by atoms with E-state index in [9.17, 15) is 9.59 Å². The second-order valence-corrected chi connectivity index (χ2v) is 6.41. The predicted octanol–water partition coefficient (Wildman–Crippen LogP) is 3.25. The first-order valence-corrected chi connectivity index (χ1v) is 7.44. The highest BCUT2D eigenvalue weighted by Crippen LogP contribution is 2.23. The minimum absolute atomic E-state index is 0.203. The Morgan fingerprint density at radius 1 is 1.12 bits per heavy atom. The predicted molar refractivity (Wildman–Crippen MR) is 85.6 cm³/mol. The van der Waals surface area contributed by atoms with E-state index in [1.807, 2.05) is 6.07 Å². The number of carbonyl (C=O) groups excluding carboxylic acids is 2. The van der Waals surface area contributed by atoms with Gasteiger partial charge in [-0.3, -0.25) is 9.59 Å². The van der Waals surface area contributed by atoms with E-state index in [4.69, 9.17) is 0 Å². The highest BCUT2D eigenvalue weighted by molar-refractivity contribution is 14.1. The number of methoxy groups -OCH3 is 1. The second kappa shape index (κ2) is 6.47. The van der Waals surface area contributed by atoms with E-state index in [1.165, 1.54) is 7.11 Å². The van der Waals surface area contributed by atoms with Crippen LogP contribution in [0.25, 0.3) is 0 Å². The van der Waals surface area contributed by atoms with Gasteiger partial charge in [0.2, 0.25) is 0 Å². The first-order chi connectivity index (χ1) is 7.45. The van der Waals surface area contributed by atoms with E-state index in [0.29, 0.717) is 5.56 Å². The molecule has 0 bridgehead atoms. The number of hydrogen-bond donors (Lipinski definition) is 0. The summed E-state index contributed by atoms with van der Waals surface area (Å²) in [7, 11) is 1.28. The highest BCUT2D eigenvalue weighted by Gasteiger charge is 2.16. The van der Waals surface area contributed by atoms with Gasteiger partial charge in [0.25, 0.3) is 0 Å². The molecule has 3 nitrogen and oxygen atoms in total. The molecule has 0 saturated carbocycles. The van der Waals surface area contributed by atoms with Crippen molar-refractivity contribution in [1.29, 1.82) is 0 Å². The monoisotopic (exact) mass is 556 g/mol. The van der Waals surface area contributed by atoms with E-state index in [-0.39, 0.29) is 12.2 Å². The lowest BCUT2D eigenvalue weighted by Gasteiger charge is -2.05. The third-order valence-electron chi connectivity index (χ3n) is 1.84. The van der Waals surface area contributed by atoms with Crippen molar-refractivity contribution in [2.45, 2.75) is 6.42 Å². The van der Waals surface area contributed by atoms with Crippen LogP contribution in [0.15, 0.2) is 12.1 Å². The number of hydrogen-bond acceptors (Lipinski definition) is 3. The van der Waals surface area contributed by atoms with E-state index >= 15 is 0 Å². The van der Waals surface area contributed by atoms with E-state index in [0.717, 1.165) is 10.7 Å². The summed E-state index contributed by atoms with van der Waals surface area (Å²) in [6, 6.07) is 3.72. The van der Waals surface area contributed by atoms with E-state index in [2.05, 4.69) is 72.5 Å². The lowest BCUT2D eigenvalue weighted by Crippen LogP contribution is -2.11. The molecule has 0 radical (unpaired) electrons. The molecule has 0 aliphatic rings. The number of rotatable bonds is 3. The summed E-state index contributed by atoms with van der Waals surface area (Å²) < 4.78 is 7.43. The highest BCUT2D eigenvalue weighted by atomic mass is 127. The summed E-state index contributed by atoms with van der Waals surface area (Å²) in [5.41, 5.74) is 0.579. The standard InChI is InChI=1S/C10H7I3O3/c1-16-10(15)4-9(14)5-2-7(12)8(13)3-6(5)11/h2-3H,4H2,1H3. The quantitative estimate of drug-likeness (QED) is 0.189. The number of esters is 1. The Bertz CT molecular complexity index is 443. The van der Waals surface area contributed by atoms with Crippen LogP contribution in [0.4, 0.5) is 0 Å². The first kappa shape index (κ1) is 14.6. The van der Waals surface area contributed by atoms with Gasteiger partial charge in [0.05, 0.1) is 7.11 Å². The molecule has 16 heavy (non-hydrogen) atoms. The van der Waals surface area contributed by atoms with Gasteiger partial charge in [0, 0.05) is 16.3 Å². The molecule has 86 valence electrons. The van der Waals surface area contributed by atoms with Crippen molar-refractivity contribution < 1.29 is 14.3 Å². The zero-order chi connectivity index (χ0) is 12.3. The summed E-state index contributed by atoms with van der Waals surface area (Å²) in [6.07, 6.45) is -0.205. The number of benzene rings is 1. The van der Waals surface area contributed by atoms with Crippen molar-refractivity contribution in [3.63, 3.8) is 0 Å². The van der Waals surface area contributed by atoms with Gasteiger partial charge >= 0.3 is 5.97 Å². The molecule has 1 aromatic carbocycles. The zero-order valence-corrected chi connectivity index (χ0v) is 14.7. The maximum atomic E-state index is 11.8. The summed E-state index contributed by atoms with van der Waals surface area (Å²) in [4.78, 5) is 22.8. The molecule has 0 fully saturated rings. The molecule has 0 aromatic heterocycles. The van der Waals surface area contributed by atoms with Crippen molar-refractivity contribution in [3.05, 3.63) is 28.4 Å². The van der Waals surface area contributed by atoms with Crippen LogP contribution in [-0.4, -0.2) is 18.9 Å². The number of halogens is 3. The topological polar surface area (TPSA) is 43.4 Å². The fraction of sp³-hybridized carbons (Fsp3) is 0.200. The van der Waals surface area contributed by atoms with Crippen LogP contribution >= 0.6 is 67.8 Å². The first-order valence-electron chi connectivity index (χ1n) is 4.20. The lowest BCUT2D eigenvalue weighted by molar-refractivity contribution is -0.139. The van der Waals surface area contributed by atoms with Crippen LogP contribution in [0.5, 0.6) is 0 Å². The molecular weight excluding hydrogens is 549 g/mol. The normalized spacial score (nSPS) is 10.0. The molecule has 0 spiro atoms. The van der Waals surface area contributed by atoms with Crippen LogP contribution in [0.2, 0.25) is 0 Å². The Labute approximate surface area is 134 Å². The van der Waals surface area contributed by atoms with Crippen molar-refractivity contribution in [2.75, 3.05) is 7.11 Å². The molecule has 0 unspecified atom stereocenters. The van der Waals surface area contributed by atoms with Crippen molar-refractivity contribution in [1.82, 2.24) is 0 Å². The number of Topliss-reactive ketones (excluding diaryl/α,β-unsaturated/α-hetero) is 1. The number of ether oxygens (including phenoxy) is 1. The third-order valence-corrected chi connectivity index (χ3v) is 5.55. The molecular formula is C10H7I3O3. The van der Waals surface area contributed by atoms with E-state index < -0.39 is 5.97 Å². The van der Waals surface area contributed by atoms with Crippen molar-refractivity contribution in [3.8, 4) is 0 Å². The van der Waals surface area contributed by atoms with Gasteiger partial charge in [-0.1, -0.05) is 0 Å². The smallest absolute Gasteiger partial charge is 0.313 e. The maximum absolute atomic E-state index is 11.8. The van der Waals surface area contributed by atoms with Gasteiger partial charge in [0.1, 0.15) is 6.42 Å². The molecule has 1 rings (SSSR count). The summed E-state index contributed by atoms with van der Waals surface area (Å²) >= 11 is 6.47. The Hall–Kier alpha value is 0.550. The molecule has 0 aliphatic carbocycles. The second-order valence-electron chi connectivity index (χ2n) is 2.92. The molecule has 0 aliphatic heterocycles. The summed E-state index contributed by atoms with van der Waals surface area (Å²) in [5.74, 6) is -0.708. The van der Waals surface area contributed by atoms with Gasteiger partial charge in [-0.25, -0.2) is 0 Å². The third kappa shape index (κ3) is 3.79.